The second-order valence-electron chi connectivity index (χ2n) is 18.7. The fourth-order valence-corrected chi connectivity index (χ4v) is 10.5. The van der Waals surface area contributed by atoms with Gasteiger partial charge in [0.2, 0.25) is 0 Å². The number of carbonyl (C=O) groups is 2. The van der Waals surface area contributed by atoms with Gasteiger partial charge in [-0.05, 0) is 120 Å². The molecule has 2 aliphatic heterocycles. The van der Waals surface area contributed by atoms with Gasteiger partial charge in [0.05, 0.1) is 29.3 Å². The van der Waals surface area contributed by atoms with Crippen molar-refractivity contribution in [3.05, 3.63) is 219 Å². The van der Waals surface area contributed by atoms with E-state index in [-0.39, 0.29) is 74.5 Å². The van der Waals surface area contributed by atoms with Gasteiger partial charge < -0.3 is 65.6 Å². The van der Waals surface area contributed by atoms with Gasteiger partial charge in [-0.25, -0.2) is 0 Å². The molecule has 1 fully saturated rings. The number of Topliss-reactive ketones (excluding diaryl/α,β-unsaturated/α-hetero) is 1. The summed E-state index contributed by atoms with van der Waals surface area (Å²) in [5, 5.41) is 119. The number of allylic oxidation sites excluding steroid dienone is 1. The molecule has 0 amide bonds. The van der Waals surface area contributed by atoms with Crippen molar-refractivity contribution >= 4 is 17.6 Å². The second kappa shape index (κ2) is 19.8. The first-order valence-electron chi connectivity index (χ1n) is 23.7. The minimum Gasteiger partial charge on any atom is -0.508 e. The Kier molecular flexibility index (Phi) is 12.9. The molecular formula is C60H48O15. The van der Waals surface area contributed by atoms with Gasteiger partial charge in [0, 0.05) is 64.3 Å². The highest BCUT2D eigenvalue weighted by atomic mass is 16.5. The van der Waals surface area contributed by atoms with Crippen LogP contribution in [0.5, 0.6) is 69.0 Å². The molecule has 1 unspecified atom stereocenters. The van der Waals surface area contributed by atoms with Crippen LogP contribution in [0.1, 0.15) is 95.4 Å². The van der Waals surface area contributed by atoms with Gasteiger partial charge in [-0.15, -0.1) is 0 Å². The molecule has 0 aliphatic carbocycles. The fourth-order valence-electron chi connectivity index (χ4n) is 10.5. The Balaban J connectivity index is 1.16. The molecule has 8 aromatic carbocycles. The zero-order chi connectivity index (χ0) is 52.8. The third kappa shape index (κ3) is 9.63. The summed E-state index contributed by atoms with van der Waals surface area (Å²) >= 11 is 0. The second-order valence-corrected chi connectivity index (χ2v) is 18.7. The fraction of sp³-hybridized carbons (Fsp3) is 0.133. The third-order valence-corrected chi connectivity index (χ3v) is 14.0. The van der Waals surface area contributed by atoms with Gasteiger partial charge >= 0.3 is 0 Å². The molecule has 75 heavy (non-hydrogen) atoms. The molecule has 378 valence electrons. The Morgan fingerprint density at radius 1 is 0.467 bits per heavy atom. The van der Waals surface area contributed by atoms with Crippen LogP contribution in [-0.2, 0) is 11.2 Å². The number of aromatic hydroxyl groups is 11. The lowest BCUT2D eigenvalue weighted by atomic mass is 9.72. The van der Waals surface area contributed by atoms with Crippen LogP contribution < -0.4 is 4.74 Å². The molecule has 0 aromatic heterocycles. The predicted molar refractivity (Wildman–Crippen MR) is 273 cm³/mol. The average Bonchev–Trinajstić information content (AvgIpc) is 3.95. The van der Waals surface area contributed by atoms with Crippen LogP contribution in [0.25, 0.3) is 6.08 Å². The Labute approximate surface area is 428 Å². The average molecular weight is 1010 g/mol. The highest BCUT2D eigenvalue weighted by Gasteiger charge is 2.51. The van der Waals surface area contributed by atoms with Crippen LogP contribution in [0.4, 0.5) is 0 Å². The standard InChI is InChI=1S/C60H48O15/c61-34-9-1-30(2-10-34)24-46-56(57(73)42-20-17-39(66)27-50(42)70)59(33-7-13-36(63)14-8-33)75-60(46)44-28-43(51(71)29-52(44)72)54(41-19-16-38(65)26-49(41)69)55-45-23-31(3-21-47(67)40-18-15-37(64)25-48(40)68)4-22-53(45)74-58(55)32-5-11-35(62)12-6-32/h1-23,25-29,46,54-56,58-66,68-72H,24H2/b21-3+/t46-,54-,55?,56+,58-,59+,60-/m0/s1. The van der Waals surface area contributed by atoms with E-state index in [2.05, 4.69) is 0 Å². The lowest BCUT2D eigenvalue weighted by Gasteiger charge is -2.31. The molecule has 11 N–H and O–H groups in total. The van der Waals surface area contributed by atoms with E-state index < -0.39 is 76.5 Å². The van der Waals surface area contributed by atoms with Crippen molar-refractivity contribution in [2.45, 2.75) is 36.6 Å². The lowest BCUT2D eigenvalue weighted by molar-refractivity contribution is 0.0254. The molecule has 0 radical (unpaired) electrons. The molecule has 2 heterocycles. The Morgan fingerprint density at radius 3 is 1.60 bits per heavy atom. The third-order valence-electron chi connectivity index (χ3n) is 14.0. The molecule has 2 aliphatic rings. The number of hydrogen-bond acceptors (Lipinski definition) is 15. The number of ketones is 2. The van der Waals surface area contributed by atoms with E-state index >= 15 is 4.79 Å². The van der Waals surface area contributed by atoms with Crippen molar-refractivity contribution in [3.8, 4) is 69.0 Å². The van der Waals surface area contributed by atoms with E-state index in [4.69, 9.17) is 9.47 Å². The molecule has 1 saturated heterocycles. The summed E-state index contributed by atoms with van der Waals surface area (Å²) in [7, 11) is 0. The molecule has 8 aromatic rings. The number of hydrogen-bond donors (Lipinski definition) is 11. The van der Waals surface area contributed by atoms with E-state index in [9.17, 15) is 61.0 Å². The van der Waals surface area contributed by atoms with E-state index in [0.717, 1.165) is 24.3 Å². The maximum atomic E-state index is 15.1. The summed E-state index contributed by atoms with van der Waals surface area (Å²) < 4.78 is 13.7. The molecule has 15 heteroatoms. The van der Waals surface area contributed by atoms with Crippen molar-refractivity contribution in [2.24, 2.45) is 11.8 Å². The summed E-state index contributed by atoms with van der Waals surface area (Å²) in [4.78, 5) is 28.4. The van der Waals surface area contributed by atoms with Crippen molar-refractivity contribution in [1.82, 2.24) is 0 Å². The first-order valence-corrected chi connectivity index (χ1v) is 23.7. The topological polar surface area (TPSA) is 275 Å². The Morgan fingerprint density at radius 2 is 1.00 bits per heavy atom. The van der Waals surface area contributed by atoms with Gasteiger partial charge in [-0.1, -0.05) is 54.6 Å². The number of fused-ring (bicyclic) bond motifs is 1. The zero-order valence-electron chi connectivity index (χ0n) is 39.5. The monoisotopic (exact) mass is 1010 g/mol. The molecule has 0 spiro atoms. The first-order chi connectivity index (χ1) is 36.0. The number of phenols is 11. The molecular weight excluding hydrogens is 961 g/mol. The summed E-state index contributed by atoms with van der Waals surface area (Å²) in [6.07, 6.45) is -0.354. The quantitative estimate of drug-likeness (QED) is 0.0379. The Hall–Kier alpha value is -9.60. The molecule has 7 atom stereocenters. The highest BCUT2D eigenvalue weighted by molar-refractivity contribution is 6.08. The zero-order valence-corrected chi connectivity index (χ0v) is 39.5. The van der Waals surface area contributed by atoms with Crippen LogP contribution in [0.2, 0.25) is 0 Å². The Bertz CT molecular complexity index is 3520. The van der Waals surface area contributed by atoms with Crippen LogP contribution in [0, 0.1) is 11.8 Å². The SMILES string of the molecule is O=C(/C=C/c1ccc2c(c1)C([C@@H](c1ccc(O)cc1O)c1cc([C@@H]3O[C@H](c4ccc(O)cc4)[C@@H](C(=O)c4ccc(O)cc4O)[C@@H]3Cc3ccc(O)cc3)c(O)cc1O)[C@H](c1ccc(O)cc1)O2)c1ccc(O)cc1O. The van der Waals surface area contributed by atoms with Crippen molar-refractivity contribution in [1.29, 1.82) is 0 Å². The van der Waals surface area contributed by atoms with Gasteiger partial charge in [0.1, 0.15) is 75.1 Å². The molecule has 10 rings (SSSR count). The molecule has 15 nitrogen and oxygen atoms in total. The van der Waals surface area contributed by atoms with Gasteiger partial charge in [-0.3, -0.25) is 9.59 Å². The smallest absolute Gasteiger partial charge is 0.189 e. The van der Waals surface area contributed by atoms with Crippen LogP contribution in [-0.4, -0.2) is 67.7 Å². The molecule has 0 bridgehead atoms. The normalized spacial score (nSPS) is 19.4. The lowest BCUT2D eigenvalue weighted by Crippen LogP contribution is -2.27. The first kappa shape index (κ1) is 49.0. The number of ether oxygens (including phenoxy) is 2. The van der Waals surface area contributed by atoms with E-state index in [1.807, 2.05) is 0 Å². The van der Waals surface area contributed by atoms with Gasteiger partial charge in [0.15, 0.2) is 11.6 Å². The summed E-state index contributed by atoms with van der Waals surface area (Å²) in [5.74, 6) is -7.88. The van der Waals surface area contributed by atoms with E-state index in [1.165, 1.54) is 91.0 Å². The van der Waals surface area contributed by atoms with Crippen molar-refractivity contribution in [2.75, 3.05) is 0 Å². The number of phenolic OH excluding ortho intramolecular Hbond substituents is 11. The minimum atomic E-state index is -1.19. The number of rotatable bonds is 13. The minimum absolute atomic E-state index is 0.0139. The van der Waals surface area contributed by atoms with Crippen LogP contribution >= 0.6 is 0 Å². The van der Waals surface area contributed by atoms with E-state index in [1.54, 1.807) is 54.6 Å². The highest BCUT2D eigenvalue weighted by Crippen LogP contribution is 2.60. The maximum Gasteiger partial charge on any atom is 0.189 e. The number of benzene rings is 8. The van der Waals surface area contributed by atoms with Crippen LogP contribution in [0.3, 0.4) is 0 Å². The van der Waals surface area contributed by atoms with E-state index in [0.29, 0.717) is 33.6 Å². The largest absolute Gasteiger partial charge is 0.508 e. The van der Waals surface area contributed by atoms with Crippen molar-refractivity contribution < 1.29 is 75.2 Å². The van der Waals surface area contributed by atoms with Gasteiger partial charge in [-0.2, -0.15) is 0 Å². The molecule has 0 saturated carbocycles. The van der Waals surface area contributed by atoms with Crippen molar-refractivity contribution in [3.63, 3.8) is 0 Å². The van der Waals surface area contributed by atoms with Gasteiger partial charge in [0.25, 0.3) is 0 Å². The summed E-state index contributed by atoms with van der Waals surface area (Å²) in [5.41, 5.74) is 2.91. The summed E-state index contributed by atoms with van der Waals surface area (Å²) in [6.45, 7) is 0. The van der Waals surface area contributed by atoms with Crippen LogP contribution in [0.15, 0.2) is 164 Å². The maximum absolute atomic E-state index is 15.1. The number of carbonyl (C=O) groups excluding carboxylic acids is 2. The summed E-state index contributed by atoms with van der Waals surface area (Å²) in [6, 6.07) is 37.6. The predicted octanol–water partition coefficient (Wildman–Crippen LogP) is 10.6.